The van der Waals surface area contributed by atoms with Gasteiger partial charge in [-0.25, -0.2) is 0 Å². The number of hydrogen-bond donors (Lipinski definition) is 1. The summed E-state index contributed by atoms with van der Waals surface area (Å²) in [6, 6.07) is -0.905. The maximum Gasteiger partial charge on any atom is 0.390 e. The second kappa shape index (κ2) is 5.60. The van der Waals surface area contributed by atoms with E-state index in [1.54, 1.807) is 4.68 Å². The number of alkyl halides is 3. The summed E-state index contributed by atoms with van der Waals surface area (Å²) in [4.78, 5) is 0. The maximum atomic E-state index is 12.5. The van der Waals surface area contributed by atoms with E-state index in [9.17, 15) is 13.2 Å². The fourth-order valence-electron chi connectivity index (χ4n) is 1.82. The van der Waals surface area contributed by atoms with Crippen LogP contribution >= 0.6 is 0 Å². The first-order valence-corrected chi connectivity index (χ1v) is 5.65. The van der Waals surface area contributed by atoms with Gasteiger partial charge in [0, 0.05) is 6.04 Å². The summed E-state index contributed by atoms with van der Waals surface area (Å²) >= 11 is 0. The minimum atomic E-state index is -4.25. The number of aromatic nitrogens is 2. The quantitative estimate of drug-likeness (QED) is 0.889. The molecule has 0 saturated heterocycles. The average molecular weight is 265 g/mol. The van der Waals surface area contributed by atoms with Crippen molar-refractivity contribution >= 4 is 0 Å². The van der Waals surface area contributed by atoms with E-state index in [1.807, 2.05) is 13.8 Å². The lowest BCUT2D eigenvalue weighted by molar-refractivity contribution is -0.140. The second-order valence-corrected chi connectivity index (χ2v) is 4.30. The molecule has 0 saturated carbocycles. The normalized spacial score (nSPS) is 14.0. The molecule has 7 heteroatoms. The first kappa shape index (κ1) is 14.8. The Kier molecular flexibility index (Phi) is 4.61. The monoisotopic (exact) mass is 265 g/mol. The SMILES string of the molecule is CNC(CC(F)(F)F)c1c(OC)cnn1C(C)C. The molecule has 0 amide bonds. The Morgan fingerprint density at radius 1 is 1.44 bits per heavy atom. The number of rotatable bonds is 5. The Labute approximate surface area is 104 Å². The van der Waals surface area contributed by atoms with E-state index in [-0.39, 0.29) is 6.04 Å². The van der Waals surface area contributed by atoms with Crippen molar-refractivity contribution in [1.29, 1.82) is 0 Å². The third kappa shape index (κ3) is 3.38. The Bertz CT molecular complexity index is 387. The number of halogens is 3. The van der Waals surface area contributed by atoms with E-state index in [2.05, 4.69) is 10.4 Å². The van der Waals surface area contributed by atoms with E-state index >= 15 is 0 Å². The summed E-state index contributed by atoms with van der Waals surface area (Å²) in [6.45, 7) is 3.71. The van der Waals surface area contributed by atoms with Crippen LogP contribution in [0, 0.1) is 0 Å². The van der Waals surface area contributed by atoms with Gasteiger partial charge in [0.2, 0.25) is 0 Å². The van der Waals surface area contributed by atoms with Gasteiger partial charge in [0.25, 0.3) is 0 Å². The standard InChI is InChI=1S/C11H18F3N3O/c1-7(2)17-10(9(18-4)6-16-17)8(15-3)5-11(12,13)14/h6-8,15H,5H2,1-4H3. The molecule has 0 aromatic carbocycles. The van der Waals surface area contributed by atoms with E-state index in [4.69, 9.17) is 4.74 Å². The molecule has 1 unspecified atom stereocenters. The van der Waals surface area contributed by atoms with E-state index < -0.39 is 18.6 Å². The van der Waals surface area contributed by atoms with Crippen molar-refractivity contribution in [3.05, 3.63) is 11.9 Å². The molecule has 0 aliphatic carbocycles. The largest absolute Gasteiger partial charge is 0.493 e. The predicted molar refractivity (Wildman–Crippen MR) is 61.6 cm³/mol. The maximum absolute atomic E-state index is 12.5. The van der Waals surface area contributed by atoms with Crippen LogP contribution in [0.5, 0.6) is 5.75 Å². The van der Waals surface area contributed by atoms with Gasteiger partial charge in [0.15, 0.2) is 5.75 Å². The summed E-state index contributed by atoms with van der Waals surface area (Å²) in [6.07, 6.45) is -3.76. The molecule has 0 radical (unpaired) electrons. The van der Waals surface area contributed by atoms with Gasteiger partial charge >= 0.3 is 6.18 Å². The number of methoxy groups -OCH3 is 1. The van der Waals surface area contributed by atoms with Gasteiger partial charge in [-0.1, -0.05) is 0 Å². The Morgan fingerprint density at radius 3 is 2.44 bits per heavy atom. The summed E-state index contributed by atoms with van der Waals surface area (Å²) in [5, 5.41) is 6.74. The van der Waals surface area contributed by atoms with Gasteiger partial charge < -0.3 is 10.1 Å². The van der Waals surface area contributed by atoms with Gasteiger partial charge in [-0.05, 0) is 20.9 Å². The Hall–Kier alpha value is -1.24. The highest BCUT2D eigenvalue weighted by Gasteiger charge is 2.35. The molecule has 1 heterocycles. The molecule has 1 atom stereocenters. The summed E-state index contributed by atoms with van der Waals surface area (Å²) < 4.78 is 44.3. The van der Waals surface area contributed by atoms with Crippen molar-refractivity contribution in [3.63, 3.8) is 0 Å². The van der Waals surface area contributed by atoms with Crippen LogP contribution in [0.3, 0.4) is 0 Å². The Morgan fingerprint density at radius 2 is 2.06 bits per heavy atom. The van der Waals surface area contributed by atoms with Crippen molar-refractivity contribution in [1.82, 2.24) is 15.1 Å². The molecule has 0 bridgehead atoms. The number of nitrogens with one attached hydrogen (secondary N) is 1. The molecule has 0 aliphatic rings. The summed E-state index contributed by atoms with van der Waals surface area (Å²) in [5.74, 6) is 0.368. The van der Waals surface area contributed by atoms with Crippen LogP contribution in [0.4, 0.5) is 13.2 Å². The zero-order valence-electron chi connectivity index (χ0n) is 10.9. The fourth-order valence-corrected chi connectivity index (χ4v) is 1.82. The van der Waals surface area contributed by atoms with Crippen molar-refractivity contribution in [3.8, 4) is 5.75 Å². The molecular formula is C11H18F3N3O. The van der Waals surface area contributed by atoms with Gasteiger partial charge in [0.1, 0.15) is 0 Å². The summed E-state index contributed by atoms with van der Waals surface area (Å²) in [7, 11) is 2.92. The highest BCUT2D eigenvalue weighted by atomic mass is 19.4. The van der Waals surface area contributed by atoms with Crippen LogP contribution in [0.2, 0.25) is 0 Å². The van der Waals surface area contributed by atoms with Gasteiger partial charge in [-0.3, -0.25) is 4.68 Å². The van der Waals surface area contributed by atoms with Crippen LogP contribution in [0.25, 0.3) is 0 Å². The lowest BCUT2D eigenvalue weighted by Crippen LogP contribution is -2.27. The predicted octanol–water partition coefficient (Wildman–Crippen LogP) is 2.69. The molecule has 1 rings (SSSR count). The molecule has 0 fully saturated rings. The van der Waals surface area contributed by atoms with E-state index in [0.29, 0.717) is 11.4 Å². The zero-order valence-corrected chi connectivity index (χ0v) is 10.9. The van der Waals surface area contributed by atoms with Crippen LogP contribution in [-0.2, 0) is 0 Å². The van der Waals surface area contributed by atoms with E-state index in [0.717, 1.165) is 0 Å². The molecule has 1 aromatic heterocycles. The Balaban J connectivity index is 3.14. The molecule has 18 heavy (non-hydrogen) atoms. The minimum absolute atomic E-state index is 0.0343. The van der Waals surface area contributed by atoms with Gasteiger partial charge in [-0.2, -0.15) is 18.3 Å². The van der Waals surface area contributed by atoms with Crippen molar-refractivity contribution in [2.45, 2.75) is 38.5 Å². The molecule has 1 aromatic rings. The summed E-state index contributed by atoms with van der Waals surface area (Å²) in [5.41, 5.74) is 0.423. The molecule has 0 aliphatic heterocycles. The third-order valence-corrected chi connectivity index (χ3v) is 2.62. The number of hydrogen-bond acceptors (Lipinski definition) is 3. The molecule has 104 valence electrons. The molecule has 0 spiro atoms. The first-order valence-electron chi connectivity index (χ1n) is 5.65. The van der Waals surface area contributed by atoms with Crippen molar-refractivity contribution < 1.29 is 17.9 Å². The van der Waals surface area contributed by atoms with E-state index in [1.165, 1.54) is 20.4 Å². The lowest BCUT2D eigenvalue weighted by Gasteiger charge is -2.22. The number of nitrogens with zero attached hydrogens (tertiary/aromatic N) is 2. The van der Waals surface area contributed by atoms with Gasteiger partial charge in [-0.15, -0.1) is 0 Å². The smallest absolute Gasteiger partial charge is 0.390 e. The first-order chi connectivity index (χ1) is 8.30. The average Bonchev–Trinajstić information content (AvgIpc) is 2.68. The number of ether oxygens (including phenoxy) is 1. The zero-order chi connectivity index (χ0) is 13.9. The second-order valence-electron chi connectivity index (χ2n) is 4.30. The van der Waals surface area contributed by atoms with Crippen LogP contribution < -0.4 is 10.1 Å². The highest BCUT2D eigenvalue weighted by Crippen LogP contribution is 2.34. The minimum Gasteiger partial charge on any atom is -0.493 e. The van der Waals surface area contributed by atoms with Gasteiger partial charge in [0.05, 0.1) is 31.5 Å². The van der Waals surface area contributed by atoms with Crippen LogP contribution in [-0.4, -0.2) is 30.1 Å². The lowest BCUT2D eigenvalue weighted by atomic mass is 10.1. The van der Waals surface area contributed by atoms with Crippen molar-refractivity contribution in [2.24, 2.45) is 0 Å². The molecule has 1 N–H and O–H groups in total. The van der Waals surface area contributed by atoms with Crippen molar-refractivity contribution in [2.75, 3.05) is 14.2 Å². The fraction of sp³-hybridized carbons (Fsp3) is 0.727. The topological polar surface area (TPSA) is 39.1 Å². The molecule has 4 nitrogen and oxygen atoms in total. The van der Waals surface area contributed by atoms with Crippen LogP contribution in [0.1, 0.15) is 38.0 Å². The van der Waals surface area contributed by atoms with Crippen LogP contribution in [0.15, 0.2) is 6.20 Å². The molecular weight excluding hydrogens is 247 g/mol. The third-order valence-electron chi connectivity index (χ3n) is 2.62. The highest BCUT2D eigenvalue weighted by molar-refractivity contribution is 5.29.